The molecule has 1 N–H and O–H groups in total. The van der Waals surface area contributed by atoms with Crippen LogP contribution in [0.3, 0.4) is 0 Å². The van der Waals surface area contributed by atoms with Gasteiger partial charge in [-0.15, -0.1) is 0 Å². The second-order valence-electron chi connectivity index (χ2n) is 7.61. The number of halogens is 1. The maximum Gasteiger partial charge on any atom is 0.219 e. The first kappa shape index (κ1) is 19.1. The topological polar surface area (TPSA) is 53.0 Å². The monoisotopic (exact) mass is 364 g/mol. The number of ether oxygens (including phenoxy) is 1. The van der Waals surface area contributed by atoms with Gasteiger partial charge >= 0.3 is 0 Å². The van der Waals surface area contributed by atoms with Crippen LogP contribution in [0, 0.1) is 23.6 Å². The van der Waals surface area contributed by atoms with Crippen molar-refractivity contribution in [3.8, 4) is 5.75 Å². The van der Waals surface area contributed by atoms with Crippen molar-refractivity contribution >= 4 is 5.91 Å². The van der Waals surface area contributed by atoms with Crippen LogP contribution in [0.5, 0.6) is 5.75 Å². The van der Waals surface area contributed by atoms with Crippen molar-refractivity contribution in [2.75, 3.05) is 39.9 Å². The van der Waals surface area contributed by atoms with Gasteiger partial charge in [0.05, 0.1) is 7.11 Å². The molecule has 0 spiro atoms. The van der Waals surface area contributed by atoms with Crippen LogP contribution in [-0.4, -0.2) is 60.7 Å². The summed E-state index contributed by atoms with van der Waals surface area (Å²) in [6.45, 7) is 6.00. The van der Waals surface area contributed by atoms with Crippen LogP contribution in [0.2, 0.25) is 0 Å². The second-order valence-corrected chi connectivity index (χ2v) is 7.61. The molecule has 2 aliphatic rings. The lowest BCUT2D eigenvalue weighted by atomic mass is 9.79. The highest BCUT2D eigenvalue weighted by molar-refractivity contribution is 5.73. The van der Waals surface area contributed by atoms with Crippen molar-refractivity contribution in [2.45, 2.75) is 26.3 Å². The molecule has 2 fully saturated rings. The van der Waals surface area contributed by atoms with E-state index in [0.29, 0.717) is 11.8 Å². The minimum atomic E-state index is -0.346. The molecule has 1 amide bonds. The first-order valence-corrected chi connectivity index (χ1v) is 9.43. The van der Waals surface area contributed by atoms with E-state index in [1.807, 2.05) is 4.90 Å². The fourth-order valence-corrected chi connectivity index (χ4v) is 4.55. The number of hydrogen-bond acceptors (Lipinski definition) is 4. The van der Waals surface area contributed by atoms with E-state index in [2.05, 4.69) is 4.90 Å². The van der Waals surface area contributed by atoms with Gasteiger partial charge in [0.2, 0.25) is 5.91 Å². The van der Waals surface area contributed by atoms with Crippen molar-refractivity contribution in [1.29, 1.82) is 0 Å². The highest BCUT2D eigenvalue weighted by atomic mass is 19.1. The summed E-state index contributed by atoms with van der Waals surface area (Å²) >= 11 is 0. The van der Waals surface area contributed by atoms with Gasteiger partial charge in [0.15, 0.2) is 11.6 Å². The molecule has 0 aromatic heterocycles. The molecule has 3 rings (SSSR count). The lowest BCUT2D eigenvalue weighted by Gasteiger charge is -2.36. The van der Waals surface area contributed by atoms with Crippen molar-refractivity contribution in [2.24, 2.45) is 17.8 Å². The van der Waals surface area contributed by atoms with Crippen molar-refractivity contribution in [3.63, 3.8) is 0 Å². The molecule has 0 unspecified atom stereocenters. The molecule has 6 heteroatoms. The van der Waals surface area contributed by atoms with Crippen LogP contribution in [0.1, 0.15) is 25.3 Å². The number of methoxy groups -OCH3 is 1. The molecule has 144 valence electrons. The largest absolute Gasteiger partial charge is 0.494 e. The van der Waals surface area contributed by atoms with Crippen molar-refractivity contribution in [3.05, 3.63) is 29.6 Å². The zero-order valence-corrected chi connectivity index (χ0v) is 15.7. The highest BCUT2D eigenvalue weighted by Crippen LogP contribution is 2.36. The third kappa shape index (κ3) is 4.18. The molecule has 2 atom stereocenters. The Balaban J connectivity index is 1.61. The van der Waals surface area contributed by atoms with Crippen LogP contribution in [-0.2, 0) is 11.3 Å². The third-order valence-corrected chi connectivity index (χ3v) is 6.01. The van der Waals surface area contributed by atoms with E-state index in [1.54, 1.807) is 19.1 Å². The van der Waals surface area contributed by atoms with E-state index in [9.17, 15) is 14.3 Å². The molecule has 0 saturated carbocycles. The van der Waals surface area contributed by atoms with Crippen LogP contribution in [0.4, 0.5) is 4.39 Å². The van der Waals surface area contributed by atoms with E-state index in [0.717, 1.165) is 51.1 Å². The number of hydrogen-bond donors (Lipinski definition) is 1. The summed E-state index contributed by atoms with van der Waals surface area (Å²) in [6.07, 6.45) is 2.03. The summed E-state index contributed by atoms with van der Waals surface area (Å²) < 4.78 is 18.7. The summed E-state index contributed by atoms with van der Waals surface area (Å²) in [5, 5.41) is 9.85. The van der Waals surface area contributed by atoms with E-state index < -0.39 is 0 Å². The Morgan fingerprint density at radius 1 is 1.31 bits per heavy atom. The number of benzene rings is 1. The molecular weight excluding hydrogens is 335 g/mol. The number of aliphatic hydroxyl groups excluding tert-OH is 1. The number of piperidine rings is 1. The Kier molecular flexibility index (Phi) is 6.14. The van der Waals surface area contributed by atoms with Crippen LogP contribution in [0.15, 0.2) is 18.2 Å². The normalized spacial score (nSPS) is 24.8. The van der Waals surface area contributed by atoms with E-state index >= 15 is 0 Å². The number of nitrogens with zero attached hydrogens (tertiary/aromatic N) is 2. The van der Waals surface area contributed by atoms with Crippen LogP contribution < -0.4 is 4.74 Å². The standard InChI is InChI=1S/C20H29FN2O3/c1-14(25)23-7-5-16(6-8-23)18-12-22(11-17(18)13-24)10-15-3-4-19(21)20(9-15)26-2/h3-4,9,16-18,24H,5-8,10-13H2,1-2H3/t17-,18-/m0/s1. The summed E-state index contributed by atoms with van der Waals surface area (Å²) in [7, 11) is 1.48. The lowest BCUT2D eigenvalue weighted by molar-refractivity contribution is -0.130. The number of aliphatic hydroxyl groups is 1. The minimum Gasteiger partial charge on any atom is -0.494 e. The van der Waals surface area contributed by atoms with Crippen LogP contribution >= 0.6 is 0 Å². The molecule has 0 aliphatic carbocycles. The molecule has 2 saturated heterocycles. The second kappa shape index (κ2) is 8.35. The van der Waals surface area contributed by atoms with Crippen molar-refractivity contribution < 1.29 is 19.0 Å². The Morgan fingerprint density at radius 2 is 2.04 bits per heavy atom. The molecule has 5 nitrogen and oxygen atoms in total. The van der Waals surface area contributed by atoms with Crippen LogP contribution in [0.25, 0.3) is 0 Å². The van der Waals surface area contributed by atoms with Crippen molar-refractivity contribution in [1.82, 2.24) is 9.80 Å². The Morgan fingerprint density at radius 3 is 2.65 bits per heavy atom. The van der Waals surface area contributed by atoms with Gasteiger partial charge < -0.3 is 14.7 Å². The Bertz CT molecular complexity index is 631. The van der Waals surface area contributed by atoms with Gasteiger partial charge in [-0.3, -0.25) is 9.69 Å². The average Bonchev–Trinajstić information content (AvgIpc) is 3.06. The first-order chi connectivity index (χ1) is 12.5. The molecule has 2 heterocycles. The number of rotatable bonds is 5. The smallest absolute Gasteiger partial charge is 0.219 e. The minimum absolute atomic E-state index is 0.153. The zero-order chi connectivity index (χ0) is 18.7. The quantitative estimate of drug-likeness (QED) is 0.870. The molecule has 1 aromatic carbocycles. The summed E-state index contributed by atoms with van der Waals surface area (Å²) in [5.41, 5.74) is 1.02. The van der Waals surface area contributed by atoms with Gasteiger partial charge in [-0.25, -0.2) is 4.39 Å². The van der Waals surface area contributed by atoms with E-state index in [4.69, 9.17) is 4.74 Å². The summed E-state index contributed by atoms with van der Waals surface area (Å²) in [5.74, 6) is 1.35. The number of carbonyl (C=O) groups is 1. The van der Waals surface area contributed by atoms with Gasteiger partial charge in [-0.1, -0.05) is 6.07 Å². The molecular formula is C20H29FN2O3. The Hall–Kier alpha value is -1.66. The molecule has 0 bridgehead atoms. The fourth-order valence-electron chi connectivity index (χ4n) is 4.55. The SMILES string of the molecule is COc1cc(CN2C[C@@H](CO)[C@H](C3CCN(C(C)=O)CC3)C2)ccc1F. The van der Waals surface area contributed by atoms with E-state index in [1.165, 1.54) is 13.2 Å². The number of amides is 1. The predicted molar refractivity (Wildman–Crippen MR) is 97.3 cm³/mol. The highest BCUT2D eigenvalue weighted by Gasteiger charge is 2.38. The summed E-state index contributed by atoms with van der Waals surface area (Å²) in [6, 6.07) is 5.00. The number of likely N-dealkylation sites (tertiary alicyclic amines) is 2. The third-order valence-electron chi connectivity index (χ3n) is 6.01. The van der Waals surface area contributed by atoms with Gasteiger partial charge in [0, 0.05) is 46.3 Å². The van der Waals surface area contributed by atoms with E-state index in [-0.39, 0.29) is 30.0 Å². The Labute approximate surface area is 154 Å². The summed E-state index contributed by atoms with van der Waals surface area (Å²) in [4.78, 5) is 15.8. The maximum absolute atomic E-state index is 13.6. The van der Waals surface area contributed by atoms with Gasteiger partial charge in [-0.05, 0) is 48.3 Å². The fraction of sp³-hybridized carbons (Fsp3) is 0.650. The van der Waals surface area contributed by atoms with Gasteiger partial charge in [0.1, 0.15) is 0 Å². The van der Waals surface area contributed by atoms with Gasteiger partial charge in [-0.2, -0.15) is 0 Å². The zero-order valence-electron chi connectivity index (χ0n) is 15.7. The molecule has 2 aliphatic heterocycles. The average molecular weight is 364 g/mol. The number of carbonyl (C=O) groups excluding carboxylic acids is 1. The maximum atomic E-state index is 13.6. The molecule has 26 heavy (non-hydrogen) atoms. The molecule has 1 aromatic rings. The predicted octanol–water partition coefficient (Wildman–Crippen LogP) is 2.13. The lowest BCUT2D eigenvalue weighted by Crippen LogP contribution is -2.40. The first-order valence-electron chi connectivity index (χ1n) is 9.43. The molecule has 0 radical (unpaired) electrons. The van der Waals surface area contributed by atoms with Gasteiger partial charge in [0.25, 0.3) is 0 Å².